The van der Waals surface area contributed by atoms with Crippen molar-refractivity contribution in [2.75, 3.05) is 51.0 Å². The van der Waals surface area contributed by atoms with Crippen LogP contribution in [0, 0.1) is 17.7 Å². The number of carbonyl (C=O) groups is 2. The number of amides is 3. The molecule has 1 aliphatic carbocycles. The largest absolute Gasteiger partial charge is 0.491 e. The number of ether oxygens (including phenoxy) is 2. The Balaban J connectivity index is 1.56. The predicted molar refractivity (Wildman–Crippen MR) is 142 cm³/mol. The molecule has 2 aromatic rings. The van der Waals surface area contributed by atoms with Gasteiger partial charge < -0.3 is 25.0 Å². The lowest BCUT2D eigenvalue weighted by molar-refractivity contribution is 0.00994. The number of nitrogens with zero attached hydrogens (tertiary/aromatic N) is 2. The molecule has 4 rings (SSSR count). The summed E-state index contributed by atoms with van der Waals surface area (Å²) in [6.07, 6.45) is 2.42. The lowest BCUT2D eigenvalue weighted by Gasteiger charge is -2.36. The number of anilines is 2. The number of halogens is 1. The van der Waals surface area contributed by atoms with E-state index in [1.54, 1.807) is 49.4 Å². The summed E-state index contributed by atoms with van der Waals surface area (Å²) in [6, 6.07) is 10.4. The zero-order chi connectivity index (χ0) is 26.5. The van der Waals surface area contributed by atoms with Gasteiger partial charge in [0.2, 0.25) is 0 Å². The number of nitrogens with one attached hydrogen (secondary N) is 2. The summed E-state index contributed by atoms with van der Waals surface area (Å²) in [4.78, 5) is 30.0. The minimum atomic E-state index is -0.595. The summed E-state index contributed by atoms with van der Waals surface area (Å²) >= 11 is 0. The van der Waals surface area contributed by atoms with E-state index in [2.05, 4.69) is 29.4 Å². The van der Waals surface area contributed by atoms with E-state index in [9.17, 15) is 14.0 Å². The van der Waals surface area contributed by atoms with Crippen molar-refractivity contribution < 1.29 is 23.5 Å². The molecule has 1 aliphatic heterocycles. The van der Waals surface area contributed by atoms with Gasteiger partial charge >= 0.3 is 6.03 Å². The number of urea groups is 1. The Labute approximate surface area is 218 Å². The summed E-state index contributed by atoms with van der Waals surface area (Å²) in [5.74, 6) is 0.639. The van der Waals surface area contributed by atoms with E-state index in [1.165, 1.54) is 25.0 Å². The Bertz CT molecular complexity index is 1110. The Morgan fingerprint density at radius 1 is 1.14 bits per heavy atom. The first-order valence-corrected chi connectivity index (χ1v) is 12.9. The third kappa shape index (κ3) is 6.99. The van der Waals surface area contributed by atoms with Crippen molar-refractivity contribution in [3.63, 3.8) is 0 Å². The Morgan fingerprint density at radius 2 is 1.89 bits per heavy atom. The van der Waals surface area contributed by atoms with Gasteiger partial charge in [0, 0.05) is 51.6 Å². The second-order valence-electron chi connectivity index (χ2n) is 10.3. The van der Waals surface area contributed by atoms with Gasteiger partial charge in [-0.3, -0.25) is 9.69 Å². The van der Waals surface area contributed by atoms with E-state index in [-0.39, 0.29) is 29.7 Å². The van der Waals surface area contributed by atoms with Crippen molar-refractivity contribution in [2.45, 2.75) is 38.8 Å². The molecule has 37 heavy (non-hydrogen) atoms. The average Bonchev–Trinajstić information content (AvgIpc) is 3.70. The molecule has 0 unspecified atom stereocenters. The molecule has 9 heteroatoms. The molecule has 1 fully saturated rings. The quantitative estimate of drug-likeness (QED) is 0.608. The van der Waals surface area contributed by atoms with Gasteiger partial charge in [-0.15, -0.1) is 0 Å². The van der Waals surface area contributed by atoms with Crippen LogP contribution in [0.4, 0.5) is 20.6 Å². The van der Waals surface area contributed by atoms with Crippen molar-refractivity contribution in [1.82, 2.24) is 9.80 Å². The van der Waals surface area contributed by atoms with Crippen LogP contribution >= 0.6 is 0 Å². The van der Waals surface area contributed by atoms with Crippen molar-refractivity contribution >= 4 is 23.3 Å². The van der Waals surface area contributed by atoms with Gasteiger partial charge in [0.15, 0.2) is 0 Å². The third-order valence-electron chi connectivity index (χ3n) is 7.15. The molecule has 2 N–H and O–H groups in total. The van der Waals surface area contributed by atoms with Crippen LogP contribution in [0.3, 0.4) is 0 Å². The molecule has 0 aromatic heterocycles. The van der Waals surface area contributed by atoms with Gasteiger partial charge in [-0.1, -0.05) is 19.1 Å². The lowest BCUT2D eigenvalue weighted by atomic mass is 10.0. The molecule has 3 atom stereocenters. The number of rotatable bonds is 5. The molecule has 8 nitrogen and oxygen atoms in total. The SMILES string of the molecule is CO[C@H]1CN(C)C(=O)c2ccc(NC(=O)Nc3ccccc3F)cc2OC[C@H](C)N(CC2CC2)C[C@H]1C. The van der Waals surface area contributed by atoms with Crippen LogP contribution in [0.25, 0.3) is 0 Å². The van der Waals surface area contributed by atoms with Crippen LogP contribution in [-0.2, 0) is 4.74 Å². The molecule has 1 saturated carbocycles. The molecule has 1 heterocycles. The maximum atomic E-state index is 13.9. The highest BCUT2D eigenvalue weighted by atomic mass is 19.1. The highest BCUT2D eigenvalue weighted by molar-refractivity contribution is 6.01. The summed E-state index contributed by atoms with van der Waals surface area (Å²) in [6.45, 7) is 7.03. The molecular formula is C28H37FN4O4. The summed E-state index contributed by atoms with van der Waals surface area (Å²) < 4.78 is 25.9. The molecule has 2 aliphatic rings. The first-order valence-electron chi connectivity index (χ1n) is 12.9. The second-order valence-corrected chi connectivity index (χ2v) is 10.3. The van der Waals surface area contributed by atoms with Crippen molar-refractivity contribution in [3.05, 3.63) is 53.8 Å². The number of likely N-dealkylation sites (N-methyl/N-ethyl adjacent to an activating group) is 1. The van der Waals surface area contributed by atoms with E-state index in [0.717, 1.165) is 19.0 Å². The van der Waals surface area contributed by atoms with E-state index in [4.69, 9.17) is 9.47 Å². The topological polar surface area (TPSA) is 83.1 Å². The average molecular weight is 513 g/mol. The van der Waals surface area contributed by atoms with Crippen LogP contribution in [0.1, 0.15) is 37.0 Å². The monoisotopic (exact) mass is 512 g/mol. The Morgan fingerprint density at radius 3 is 2.59 bits per heavy atom. The van der Waals surface area contributed by atoms with Gasteiger partial charge in [0.25, 0.3) is 5.91 Å². The van der Waals surface area contributed by atoms with Gasteiger partial charge in [-0.25, -0.2) is 9.18 Å². The van der Waals surface area contributed by atoms with E-state index >= 15 is 0 Å². The molecule has 0 bridgehead atoms. The van der Waals surface area contributed by atoms with Crippen molar-refractivity contribution in [1.29, 1.82) is 0 Å². The molecule has 0 radical (unpaired) electrons. The first kappa shape index (κ1) is 26.9. The highest BCUT2D eigenvalue weighted by Gasteiger charge is 2.31. The minimum Gasteiger partial charge on any atom is -0.491 e. The fraction of sp³-hybridized carbons (Fsp3) is 0.500. The predicted octanol–water partition coefficient (Wildman–Crippen LogP) is 4.69. The first-order chi connectivity index (χ1) is 17.7. The standard InChI is InChI=1S/C28H37FN4O4/c1-18-14-33(15-20-9-10-20)19(2)17-37-25-13-21(30-28(35)31-24-8-6-5-7-23(24)29)11-12-22(25)27(34)32(3)16-26(18)36-4/h5-8,11-13,18-20,26H,9-10,14-17H2,1-4H3,(H2,30,31,35)/t18-,19+,26+/m1/s1. The summed E-state index contributed by atoms with van der Waals surface area (Å²) in [7, 11) is 3.45. The van der Waals surface area contributed by atoms with Gasteiger partial charge in [0.1, 0.15) is 18.2 Å². The number of hydrogen-bond acceptors (Lipinski definition) is 5. The number of benzene rings is 2. The maximum absolute atomic E-state index is 13.9. The van der Waals surface area contributed by atoms with Crippen LogP contribution in [0.2, 0.25) is 0 Å². The number of hydrogen-bond donors (Lipinski definition) is 2. The Kier molecular flexibility index (Phi) is 8.66. The molecule has 3 amide bonds. The number of para-hydroxylation sites is 1. The molecule has 2 aromatic carbocycles. The van der Waals surface area contributed by atoms with Crippen LogP contribution < -0.4 is 15.4 Å². The maximum Gasteiger partial charge on any atom is 0.323 e. The highest BCUT2D eigenvalue weighted by Crippen LogP contribution is 2.32. The normalized spacial score (nSPS) is 23.3. The zero-order valence-electron chi connectivity index (χ0n) is 22.0. The van der Waals surface area contributed by atoms with Crippen LogP contribution in [0.15, 0.2) is 42.5 Å². The fourth-order valence-electron chi connectivity index (χ4n) is 4.66. The molecular weight excluding hydrogens is 475 g/mol. The molecule has 0 spiro atoms. The van der Waals surface area contributed by atoms with Gasteiger partial charge in [0.05, 0.1) is 17.4 Å². The van der Waals surface area contributed by atoms with Crippen molar-refractivity contribution in [2.24, 2.45) is 11.8 Å². The smallest absolute Gasteiger partial charge is 0.323 e. The molecule has 0 saturated heterocycles. The number of fused-ring (bicyclic) bond motifs is 1. The van der Waals surface area contributed by atoms with Crippen LogP contribution in [-0.4, -0.2) is 74.3 Å². The minimum absolute atomic E-state index is 0.0749. The van der Waals surface area contributed by atoms with E-state index in [0.29, 0.717) is 30.2 Å². The van der Waals surface area contributed by atoms with Crippen LogP contribution in [0.5, 0.6) is 5.75 Å². The Hall–Kier alpha value is -3.17. The summed E-state index contributed by atoms with van der Waals surface area (Å²) in [5.41, 5.74) is 0.915. The zero-order valence-corrected chi connectivity index (χ0v) is 22.0. The summed E-state index contributed by atoms with van der Waals surface area (Å²) in [5, 5.41) is 5.21. The number of carbonyl (C=O) groups excluding carboxylic acids is 2. The van der Waals surface area contributed by atoms with E-state index in [1.807, 2.05) is 0 Å². The number of methoxy groups -OCH3 is 1. The second kappa shape index (κ2) is 11.9. The lowest BCUT2D eigenvalue weighted by Crippen LogP contribution is -2.47. The van der Waals surface area contributed by atoms with Crippen molar-refractivity contribution in [3.8, 4) is 5.75 Å². The van der Waals surface area contributed by atoms with Gasteiger partial charge in [-0.05, 0) is 55.9 Å². The van der Waals surface area contributed by atoms with Gasteiger partial charge in [-0.2, -0.15) is 0 Å². The van der Waals surface area contributed by atoms with E-state index < -0.39 is 11.8 Å². The fourth-order valence-corrected chi connectivity index (χ4v) is 4.66. The third-order valence-corrected chi connectivity index (χ3v) is 7.15. The molecule has 200 valence electrons.